The van der Waals surface area contributed by atoms with E-state index in [0.717, 1.165) is 102 Å². The molecule has 17 nitrogen and oxygen atoms in total. The van der Waals surface area contributed by atoms with Crippen LogP contribution in [0.1, 0.15) is 60.5 Å². The summed E-state index contributed by atoms with van der Waals surface area (Å²) >= 11 is 3.61. The second-order valence-electron chi connectivity index (χ2n) is 19.3. The molecule has 362 valence electrons. The van der Waals surface area contributed by atoms with Crippen LogP contribution in [0, 0.1) is 5.92 Å². The number of imide groups is 1. The monoisotopic (exact) mass is 1020 g/mol. The summed E-state index contributed by atoms with van der Waals surface area (Å²) in [7, 11) is -1.08. The standard InChI is InChI=1S/C50H60BrN12O5P/c1-5-32-25-40(56-50-54-27-37(51)47(58-50)55-39-9-8-38-45(53-16-15-52-38)46(39)69(3,4)67)43(68-2)26-42(32)61-18-13-34(14-19-61)60-22-20-59(21-23-60)28-31-12-17-62(29-31)35-6-7-36-33(24-35)30-63(49(36)66)41-10-11-44(64)57-48(41)65/h6-9,15-16,24-27,31,34,41H,5,10-14,17-23,28-30H2,1-4H3,(H,57,64,65)(H2,54,55,56,58). The first-order valence-corrected chi connectivity index (χ1v) is 27.5. The van der Waals surface area contributed by atoms with Gasteiger partial charge in [0.2, 0.25) is 17.8 Å². The summed E-state index contributed by atoms with van der Waals surface area (Å²) in [6.07, 6.45) is 9.78. The summed E-state index contributed by atoms with van der Waals surface area (Å²) in [4.78, 5) is 67.8. The maximum Gasteiger partial charge on any atom is 0.255 e. The summed E-state index contributed by atoms with van der Waals surface area (Å²) in [6, 6.07) is 14.1. The third kappa shape index (κ3) is 9.77. The molecule has 3 N–H and O–H groups in total. The zero-order valence-corrected chi connectivity index (χ0v) is 42.2. The van der Waals surface area contributed by atoms with E-state index in [4.69, 9.17) is 9.72 Å². The average Bonchev–Trinajstić information content (AvgIpc) is 3.95. The third-order valence-corrected chi connectivity index (χ3v) is 16.7. The number of halogens is 1. The quantitative estimate of drug-likeness (QED) is 0.0875. The van der Waals surface area contributed by atoms with Crippen LogP contribution in [-0.2, 0) is 27.1 Å². The summed E-state index contributed by atoms with van der Waals surface area (Å²) in [5.74, 6) is 1.42. The maximum atomic E-state index is 13.6. The molecule has 19 heteroatoms. The molecule has 5 aliphatic rings. The molecule has 2 aromatic heterocycles. The van der Waals surface area contributed by atoms with Crippen molar-refractivity contribution in [3.05, 3.63) is 82.2 Å². The van der Waals surface area contributed by atoms with Gasteiger partial charge in [-0.15, -0.1) is 0 Å². The largest absolute Gasteiger partial charge is 0.494 e. The number of carbonyl (C=O) groups excluding carboxylic acids is 3. The smallest absolute Gasteiger partial charge is 0.255 e. The second-order valence-corrected chi connectivity index (χ2v) is 23.3. The Morgan fingerprint density at radius 3 is 2.41 bits per heavy atom. The Morgan fingerprint density at radius 1 is 0.870 bits per heavy atom. The predicted octanol–water partition coefficient (Wildman–Crippen LogP) is 6.36. The lowest BCUT2D eigenvalue weighted by molar-refractivity contribution is -0.136. The van der Waals surface area contributed by atoms with E-state index in [-0.39, 0.29) is 24.1 Å². The fraction of sp³-hybridized carbons (Fsp3) is 0.460. The molecule has 2 atom stereocenters. The minimum atomic E-state index is -2.78. The van der Waals surface area contributed by atoms with E-state index in [1.165, 1.54) is 11.3 Å². The van der Waals surface area contributed by atoms with Gasteiger partial charge < -0.3 is 39.5 Å². The molecule has 0 bridgehead atoms. The van der Waals surface area contributed by atoms with Crippen molar-refractivity contribution in [3.8, 4) is 5.75 Å². The lowest BCUT2D eigenvalue weighted by Crippen LogP contribution is -2.54. The van der Waals surface area contributed by atoms with E-state index in [1.54, 1.807) is 43.9 Å². The van der Waals surface area contributed by atoms with Crippen molar-refractivity contribution < 1.29 is 23.7 Å². The Morgan fingerprint density at radius 2 is 1.65 bits per heavy atom. The van der Waals surface area contributed by atoms with Crippen LogP contribution < -0.4 is 35.8 Å². The fourth-order valence-electron chi connectivity index (χ4n) is 11.0. The fourth-order valence-corrected chi connectivity index (χ4v) is 12.7. The zero-order chi connectivity index (χ0) is 48.0. The van der Waals surface area contributed by atoms with Crippen LogP contribution in [0.25, 0.3) is 11.0 Å². The third-order valence-electron chi connectivity index (χ3n) is 14.6. The van der Waals surface area contributed by atoms with E-state index in [0.29, 0.717) is 74.5 Å². The number of ether oxygens (including phenoxy) is 1. The van der Waals surface area contributed by atoms with Crippen molar-refractivity contribution in [2.75, 3.05) is 99.8 Å². The van der Waals surface area contributed by atoms with Crippen LogP contribution in [0.5, 0.6) is 5.75 Å². The molecule has 0 radical (unpaired) electrons. The average molecular weight is 1020 g/mol. The van der Waals surface area contributed by atoms with Crippen molar-refractivity contribution in [1.82, 2.24) is 40.0 Å². The van der Waals surface area contributed by atoms with E-state index in [1.807, 2.05) is 18.2 Å². The van der Waals surface area contributed by atoms with Crippen molar-refractivity contribution >= 4 is 91.6 Å². The topological polar surface area (TPSA) is 181 Å². The van der Waals surface area contributed by atoms with Crippen molar-refractivity contribution in [3.63, 3.8) is 0 Å². The Hall–Kier alpha value is -5.68. The number of piperidine rings is 2. The summed E-state index contributed by atoms with van der Waals surface area (Å²) in [6.45, 7) is 15.4. The van der Waals surface area contributed by atoms with Crippen LogP contribution >= 0.6 is 23.1 Å². The highest BCUT2D eigenvalue weighted by Gasteiger charge is 2.40. The van der Waals surface area contributed by atoms with Gasteiger partial charge in [-0.1, -0.05) is 6.92 Å². The first-order chi connectivity index (χ1) is 33.3. The highest BCUT2D eigenvalue weighted by Crippen LogP contribution is 2.42. The number of hydrogen-bond donors (Lipinski definition) is 3. The Labute approximate surface area is 411 Å². The van der Waals surface area contributed by atoms with Crippen LogP contribution in [-0.4, -0.2) is 144 Å². The number of hydrogen-bond acceptors (Lipinski definition) is 15. The number of nitrogens with one attached hydrogen (secondary N) is 3. The highest BCUT2D eigenvalue weighted by molar-refractivity contribution is 9.10. The molecule has 0 spiro atoms. The van der Waals surface area contributed by atoms with Crippen LogP contribution in [0.15, 0.2) is 65.5 Å². The molecule has 69 heavy (non-hydrogen) atoms. The van der Waals surface area contributed by atoms with Crippen molar-refractivity contribution in [2.24, 2.45) is 5.92 Å². The number of anilines is 6. The number of aryl methyl sites for hydroxylation is 1. The molecular weight excluding hydrogens is 960 g/mol. The highest BCUT2D eigenvalue weighted by atomic mass is 79.9. The Kier molecular flexibility index (Phi) is 13.4. The molecule has 5 aromatic rings. The predicted molar refractivity (Wildman–Crippen MR) is 273 cm³/mol. The lowest BCUT2D eigenvalue weighted by Gasteiger charge is -2.44. The molecule has 10 rings (SSSR count). The molecular formula is C50H60BrN12O5P. The van der Waals surface area contributed by atoms with Crippen molar-refractivity contribution in [1.29, 1.82) is 0 Å². The number of methoxy groups -OCH3 is 1. The van der Waals surface area contributed by atoms with Gasteiger partial charge >= 0.3 is 0 Å². The molecule has 3 aromatic carbocycles. The summed E-state index contributed by atoms with van der Waals surface area (Å²) in [5, 5.41) is 9.82. The van der Waals surface area contributed by atoms with Gasteiger partial charge in [0, 0.05) is 120 Å². The number of fused-ring (bicyclic) bond motifs is 2. The van der Waals surface area contributed by atoms with E-state index < -0.39 is 13.2 Å². The minimum Gasteiger partial charge on any atom is -0.494 e. The number of rotatable bonds is 13. The zero-order valence-electron chi connectivity index (χ0n) is 39.7. The number of nitrogens with zero attached hydrogens (tertiary/aromatic N) is 9. The molecule has 4 fully saturated rings. The SMILES string of the molecule is CCc1cc(Nc2ncc(Br)c(Nc3ccc4nccnc4c3P(C)(C)=O)n2)c(OC)cc1N1CCC(N2CCN(CC3CCN(c4ccc5c(c4)CN(C4CCC(=O)NC4=O)C5=O)C3)CC2)CC1. The molecule has 7 heterocycles. The van der Waals surface area contributed by atoms with Gasteiger partial charge in [0.1, 0.15) is 30.3 Å². The molecule has 0 aliphatic carbocycles. The molecule has 3 amide bonds. The van der Waals surface area contributed by atoms with Gasteiger partial charge in [-0.3, -0.25) is 34.6 Å². The number of amides is 3. The number of piperazine rings is 1. The second kappa shape index (κ2) is 19.6. The van der Waals surface area contributed by atoms with Crippen LogP contribution in [0.4, 0.5) is 34.5 Å². The van der Waals surface area contributed by atoms with Crippen LogP contribution in [0.3, 0.4) is 0 Å². The first kappa shape index (κ1) is 47.0. The molecule has 5 aliphatic heterocycles. The maximum absolute atomic E-state index is 13.6. The van der Waals surface area contributed by atoms with Gasteiger partial charge in [-0.25, -0.2) is 4.98 Å². The van der Waals surface area contributed by atoms with Gasteiger partial charge in [0.15, 0.2) is 0 Å². The van der Waals surface area contributed by atoms with Gasteiger partial charge in [-0.05, 0) is 115 Å². The minimum absolute atomic E-state index is 0.128. The summed E-state index contributed by atoms with van der Waals surface area (Å²) < 4.78 is 20.2. The van der Waals surface area contributed by atoms with Crippen molar-refractivity contribution in [2.45, 2.75) is 64.1 Å². The normalized spacial score (nSPS) is 20.7. The number of aromatic nitrogens is 4. The number of carbonyl (C=O) groups is 3. The van der Waals surface area contributed by atoms with E-state index >= 15 is 0 Å². The van der Waals surface area contributed by atoms with E-state index in [2.05, 4.69) is 97.6 Å². The van der Waals surface area contributed by atoms with Gasteiger partial charge in [-0.2, -0.15) is 4.98 Å². The molecule has 0 saturated carbocycles. The van der Waals surface area contributed by atoms with Crippen LogP contribution in [0.2, 0.25) is 0 Å². The van der Waals surface area contributed by atoms with Gasteiger partial charge in [0.25, 0.3) is 5.91 Å². The Bertz CT molecular complexity index is 2850. The lowest BCUT2D eigenvalue weighted by atomic mass is 9.99. The van der Waals surface area contributed by atoms with E-state index in [9.17, 15) is 18.9 Å². The molecule has 2 unspecified atom stereocenters. The molecule has 4 saturated heterocycles. The summed E-state index contributed by atoms with van der Waals surface area (Å²) in [5.41, 5.74) is 7.87. The first-order valence-electron chi connectivity index (χ1n) is 24.1. The van der Waals surface area contributed by atoms with Gasteiger partial charge in [0.05, 0.1) is 33.8 Å². The number of benzene rings is 3. The Balaban J connectivity index is 0.718.